The highest BCUT2D eigenvalue weighted by atomic mass is 16.5. The zero-order valence-electron chi connectivity index (χ0n) is 8.66. The van der Waals surface area contributed by atoms with Gasteiger partial charge in [-0.05, 0) is 12.8 Å². The SMILES string of the molecule is C=CC(CCO)NC(=O)OCCCC. The molecule has 0 saturated carbocycles. The molecule has 14 heavy (non-hydrogen) atoms. The molecule has 0 aliphatic rings. The third kappa shape index (κ3) is 6.48. The normalized spacial score (nSPS) is 11.9. The van der Waals surface area contributed by atoms with E-state index in [-0.39, 0.29) is 12.6 Å². The van der Waals surface area contributed by atoms with Crippen LogP contribution in [0.4, 0.5) is 4.79 Å². The number of carbonyl (C=O) groups is 1. The Bertz CT molecular complexity index is 171. The van der Waals surface area contributed by atoms with Crippen molar-refractivity contribution in [2.45, 2.75) is 32.2 Å². The lowest BCUT2D eigenvalue weighted by atomic mass is 10.2. The molecule has 0 heterocycles. The smallest absolute Gasteiger partial charge is 0.407 e. The van der Waals surface area contributed by atoms with Crippen molar-refractivity contribution >= 4 is 6.09 Å². The summed E-state index contributed by atoms with van der Waals surface area (Å²) in [6.07, 6.45) is 3.46. The molecule has 82 valence electrons. The van der Waals surface area contributed by atoms with E-state index in [4.69, 9.17) is 9.84 Å². The molecule has 0 saturated heterocycles. The maximum atomic E-state index is 11.1. The number of aliphatic hydroxyl groups excluding tert-OH is 1. The lowest BCUT2D eigenvalue weighted by Gasteiger charge is -2.13. The van der Waals surface area contributed by atoms with Crippen LogP contribution < -0.4 is 5.32 Å². The number of hydrogen-bond acceptors (Lipinski definition) is 3. The maximum absolute atomic E-state index is 11.1. The molecule has 0 aromatic rings. The fourth-order valence-corrected chi connectivity index (χ4v) is 0.890. The van der Waals surface area contributed by atoms with Crippen LogP contribution in [0.2, 0.25) is 0 Å². The number of ether oxygens (including phenoxy) is 1. The highest BCUT2D eigenvalue weighted by molar-refractivity contribution is 5.67. The summed E-state index contributed by atoms with van der Waals surface area (Å²) in [6.45, 7) is 6.03. The molecule has 0 fully saturated rings. The van der Waals surface area contributed by atoms with E-state index in [2.05, 4.69) is 11.9 Å². The molecule has 2 N–H and O–H groups in total. The molecule has 0 aliphatic heterocycles. The van der Waals surface area contributed by atoms with Gasteiger partial charge in [-0.25, -0.2) is 4.79 Å². The van der Waals surface area contributed by atoms with Crippen molar-refractivity contribution in [3.8, 4) is 0 Å². The summed E-state index contributed by atoms with van der Waals surface area (Å²) in [6, 6.07) is -0.214. The first-order valence-electron chi connectivity index (χ1n) is 4.91. The van der Waals surface area contributed by atoms with Gasteiger partial charge in [0.15, 0.2) is 0 Å². The third-order valence-corrected chi connectivity index (χ3v) is 1.76. The van der Waals surface area contributed by atoms with Crippen molar-refractivity contribution in [2.75, 3.05) is 13.2 Å². The number of amides is 1. The van der Waals surface area contributed by atoms with E-state index in [1.54, 1.807) is 6.08 Å². The van der Waals surface area contributed by atoms with Crippen molar-refractivity contribution in [2.24, 2.45) is 0 Å². The average Bonchev–Trinajstić information content (AvgIpc) is 2.17. The monoisotopic (exact) mass is 201 g/mol. The van der Waals surface area contributed by atoms with Crippen molar-refractivity contribution in [1.82, 2.24) is 5.32 Å². The second-order valence-electron chi connectivity index (χ2n) is 2.99. The van der Waals surface area contributed by atoms with Crippen LogP contribution >= 0.6 is 0 Å². The first-order chi connectivity index (χ1) is 6.74. The van der Waals surface area contributed by atoms with Gasteiger partial charge in [0.1, 0.15) is 0 Å². The lowest BCUT2D eigenvalue weighted by Crippen LogP contribution is -2.34. The Hall–Kier alpha value is -1.03. The number of carbonyl (C=O) groups excluding carboxylic acids is 1. The van der Waals surface area contributed by atoms with Gasteiger partial charge in [0.2, 0.25) is 0 Å². The zero-order chi connectivity index (χ0) is 10.8. The highest BCUT2D eigenvalue weighted by Gasteiger charge is 2.08. The predicted molar refractivity (Wildman–Crippen MR) is 55.1 cm³/mol. The average molecular weight is 201 g/mol. The number of hydrogen-bond donors (Lipinski definition) is 2. The second kappa shape index (κ2) is 8.56. The Kier molecular flexibility index (Phi) is 7.93. The van der Waals surface area contributed by atoms with Crippen LogP contribution in [0, 0.1) is 0 Å². The lowest BCUT2D eigenvalue weighted by molar-refractivity contribution is 0.140. The van der Waals surface area contributed by atoms with Crippen LogP contribution in [-0.2, 0) is 4.74 Å². The Morgan fingerprint density at radius 3 is 2.93 bits per heavy atom. The number of alkyl carbamates (subject to hydrolysis) is 1. The fraction of sp³-hybridized carbons (Fsp3) is 0.700. The molecule has 1 atom stereocenters. The number of unbranched alkanes of at least 4 members (excludes halogenated alkanes) is 1. The number of aliphatic hydroxyl groups is 1. The molecular weight excluding hydrogens is 182 g/mol. The summed E-state index contributed by atoms with van der Waals surface area (Å²) in [7, 11) is 0. The molecule has 0 bridgehead atoms. The fourth-order valence-electron chi connectivity index (χ4n) is 0.890. The Labute approximate surface area is 85.0 Å². The Morgan fingerprint density at radius 1 is 1.71 bits per heavy atom. The molecule has 0 rings (SSSR count). The van der Waals surface area contributed by atoms with Gasteiger partial charge in [-0.1, -0.05) is 19.4 Å². The zero-order valence-corrected chi connectivity index (χ0v) is 8.66. The van der Waals surface area contributed by atoms with Gasteiger partial charge in [0, 0.05) is 6.61 Å². The molecule has 4 heteroatoms. The summed E-state index contributed by atoms with van der Waals surface area (Å²) in [4.78, 5) is 11.1. The molecule has 0 aliphatic carbocycles. The van der Waals surface area contributed by atoms with Crippen LogP contribution in [0.3, 0.4) is 0 Å². The first kappa shape index (κ1) is 13.0. The summed E-state index contributed by atoms with van der Waals surface area (Å²) < 4.78 is 4.88. The molecule has 0 radical (unpaired) electrons. The van der Waals surface area contributed by atoms with E-state index in [0.29, 0.717) is 13.0 Å². The summed E-state index contributed by atoms with van der Waals surface area (Å²) in [5.74, 6) is 0. The predicted octanol–water partition coefficient (Wildman–Crippen LogP) is 1.45. The minimum atomic E-state index is -0.447. The van der Waals surface area contributed by atoms with E-state index in [9.17, 15) is 4.79 Å². The van der Waals surface area contributed by atoms with Crippen LogP contribution in [0.5, 0.6) is 0 Å². The molecule has 1 amide bonds. The van der Waals surface area contributed by atoms with E-state index in [1.165, 1.54) is 0 Å². The molecule has 0 aromatic heterocycles. The van der Waals surface area contributed by atoms with Crippen molar-refractivity contribution in [1.29, 1.82) is 0 Å². The van der Waals surface area contributed by atoms with E-state index >= 15 is 0 Å². The van der Waals surface area contributed by atoms with Crippen LogP contribution in [0.15, 0.2) is 12.7 Å². The summed E-state index contributed by atoms with van der Waals surface area (Å²) in [5.41, 5.74) is 0. The van der Waals surface area contributed by atoms with E-state index in [0.717, 1.165) is 12.8 Å². The van der Waals surface area contributed by atoms with Gasteiger partial charge in [0.25, 0.3) is 0 Å². The Balaban J connectivity index is 3.62. The molecule has 0 spiro atoms. The van der Waals surface area contributed by atoms with Crippen LogP contribution in [-0.4, -0.2) is 30.5 Å². The minimum Gasteiger partial charge on any atom is -0.450 e. The van der Waals surface area contributed by atoms with Crippen molar-refractivity contribution < 1.29 is 14.6 Å². The number of rotatable bonds is 7. The second-order valence-corrected chi connectivity index (χ2v) is 2.99. The van der Waals surface area contributed by atoms with Gasteiger partial charge in [-0.15, -0.1) is 6.58 Å². The van der Waals surface area contributed by atoms with Gasteiger partial charge in [-0.3, -0.25) is 0 Å². The van der Waals surface area contributed by atoms with Gasteiger partial charge < -0.3 is 15.2 Å². The third-order valence-electron chi connectivity index (χ3n) is 1.76. The largest absolute Gasteiger partial charge is 0.450 e. The van der Waals surface area contributed by atoms with E-state index < -0.39 is 6.09 Å². The number of nitrogens with one attached hydrogen (secondary N) is 1. The summed E-state index contributed by atoms with van der Waals surface area (Å²) in [5, 5.41) is 11.2. The molecule has 0 aromatic carbocycles. The topological polar surface area (TPSA) is 58.6 Å². The summed E-state index contributed by atoms with van der Waals surface area (Å²) >= 11 is 0. The van der Waals surface area contributed by atoms with Crippen molar-refractivity contribution in [3.05, 3.63) is 12.7 Å². The standard InChI is InChI=1S/C10H19NO3/c1-3-5-8-14-10(13)11-9(4-2)6-7-12/h4,9,12H,2-3,5-8H2,1H3,(H,11,13). The van der Waals surface area contributed by atoms with Crippen LogP contribution in [0.25, 0.3) is 0 Å². The highest BCUT2D eigenvalue weighted by Crippen LogP contribution is 1.94. The molecule has 4 nitrogen and oxygen atoms in total. The van der Waals surface area contributed by atoms with Gasteiger partial charge in [0.05, 0.1) is 12.6 Å². The molecule has 1 unspecified atom stereocenters. The maximum Gasteiger partial charge on any atom is 0.407 e. The van der Waals surface area contributed by atoms with E-state index in [1.807, 2.05) is 6.92 Å². The quantitative estimate of drug-likeness (QED) is 0.484. The van der Waals surface area contributed by atoms with Crippen molar-refractivity contribution in [3.63, 3.8) is 0 Å². The Morgan fingerprint density at radius 2 is 2.43 bits per heavy atom. The van der Waals surface area contributed by atoms with Crippen LogP contribution in [0.1, 0.15) is 26.2 Å². The first-order valence-corrected chi connectivity index (χ1v) is 4.91. The van der Waals surface area contributed by atoms with Gasteiger partial charge in [-0.2, -0.15) is 0 Å². The molecular formula is C10H19NO3. The van der Waals surface area contributed by atoms with Gasteiger partial charge >= 0.3 is 6.09 Å². The minimum absolute atomic E-state index is 0.0198.